The molecule has 0 saturated carbocycles. The maximum Gasteiger partial charge on any atom is 0.0602 e. The molecule has 0 saturated heterocycles. The summed E-state index contributed by atoms with van der Waals surface area (Å²) in [6, 6.07) is 8.38. The van der Waals surface area contributed by atoms with Crippen LogP contribution in [0.5, 0.6) is 0 Å². The Kier molecular flexibility index (Phi) is 4.33. The molecule has 0 heterocycles. The minimum atomic E-state index is -0.200. The van der Waals surface area contributed by atoms with Gasteiger partial charge in [-0.2, -0.15) is 11.8 Å². The van der Waals surface area contributed by atoms with E-state index in [1.54, 1.807) is 11.8 Å². The second kappa shape index (κ2) is 5.30. The lowest BCUT2D eigenvalue weighted by Crippen LogP contribution is -2.02. The van der Waals surface area contributed by atoms with Gasteiger partial charge in [-0.05, 0) is 25.0 Å². The van der Waals surface area contributed by atoms with Gasteiger partial charge in [0.15, 0.2) is 0 Å². The van der Waals surface area contributed by atoms with Crippen LogP contribution in [-0.2, 0) is 5.75 Å². The minimum absolute atomic E-state index is 0.200. The maximum atomic E-state index is 9.08. The zero-order chi connectivity index (χ0) is 9.68. The average Bonchev–Trinajstić information content (AvgIpc) is 2.08. The van der Waals surface area contributed by atoms with Gasteiger partial charge in [0.25, 0.3) is 0 Å². The number of thioether (sulfide) groups is 1. The summed E-state index contributed by atoms with van der Waals surface area (Å²) < 4.78 is 0. The van der Waals surface area contributed by atoms with Gasteiger partial charge in [-0.15, -0.1) is 0 Å². The van der Waals surface area contributed by atoms with Crippen LogP contribution >= 0.6 is 11.8 Å². The van der Waals surface area contributed by atoms with Crippen LogP contribution in [0.25, 0.3) is 0 Å². The number of hydrogen-bond donors (Lipinski definition) is 1. The summed E-state index contributed by atoms with van der Waals surface area (Å²) >= 11 is 1.78. The van der Waals surface area contributed by atoms with E-state index in [1.165, 1.54) is 11.1 Å². The summed E-state index contributed by atoms with van der Waals surface area (Å²) in [6.45, 7) is 3.95. The summed E-state index contributed by atoms with van der Waals surface area (Å²) in [6.07, 6.45) is -0.200. The van der Waals surface area contributed by atoms with Crippen molar-refractivity contribution >= 4 is 11.8 Å². The molecule has 0 bridgehead atoms. The van der Waals surface area contributed by atoms with Gasteiger partial charge in [0, 0.05) is 11.5 Å². The minimum Gasteiger partial charge on any atom is -0.393 e. The van der Waals surface area contributed by atoms with Crippen molar-refractivity contribution in [3.63, 3.8) is 0 Å². The van der Waals surface area contributed by atoms with E-state index in [2.05, 4.69) is 31.2 Å². The quantitative estimate of drug-likeness (QED) is 0.798. The zero-order valence-electron chi connectivity index (χ0n) is 8.16. The molecular formula is C11H16OS. The van der Waals surface area contributed by atoms with Crippen molar-refractivity contribution in [2.75, 3.05) is 5.75 Å². The molecule has 0 spiro atoms. The van der Waals surface area contributed by atoms with Crippen molar-refractivity contribution in [1.29, 1.82) is 0 Å². The first-order chi connectivity index (χ1) is 6.20. The van der Waals surface area contributed by atoms with Gasteiger partial charge < -0.3 is 5.11 Å². The maximum absolute atomic E-state index is 9.08. The Morgan fingerprint density at radius 3 is 2.69 bits per heavy atom. The Balaban J connectivity index is 2.41. The molecular weight excluding hydrogens is 180 g/mol. The lowest BCUT2D eigenvalue weighted by molar-refractivity contribution is 0.220. The number of aryl methyl sites for hydroxylation is 1. The second-order valence-electron chi connectivity index (χ2n) is 3.29. The first-order valence-electron chi connectivity index (χ1n) is 4.50. The smallest absolute Gasteiger partial charge is 0.0602 e. The van der Waals surface area contributed by atoms with E-state index < -0.39 is 0 Å². The summed E-state index contributed by atoms with van der Waals surface area (Å²) in [5.41, 5.74) is 2.70. The Bertz CT molecular complexity index is 258. The van der Waals surface area contributed by atoms with Crippen LogP contribution in [0.2, 0.25) is 0 Å². The average molecular weight is 196 g/mol. The van der Waals surface area contributed by atoms with E-state index in [0.29, 0.717) is 0 Å². The van der Waals surface area contributed by atoms with Gasteiger partial charge >= 0.3 is 0 Å². The normalized spacial score (nSPS) is 12.8. The van der Waals surface area contributed by atoms with Crippen LogP contribution in [0, 0.1) is 6.92 Å². The molecule has 72 valence electrons. The van der Waals surface area contributed by atoms with Crippen LogP contribution in [0.4, 0.5) is 0 Å². The number of aliphatic hydroxyl groups excluding tert-OH is 1. The molecule has 0 aliphatic rings. The Labute approximate surface area is 84.2 Å². The largest absolute Gasteiger partial charge is 0.393 e. The van der Waals surface area contributed by atoms with Gasteiger partial charge in [0.2, 0.25) is 0 Å². The Morgan fingerprint density at radius 2 is 2.08 bits per heavy atom. The monoisotopic (exact) mass is 196 g/mol. The number of hydrogen-bond acceptors (Lipinski definition) is 2. The molecule has 1 unspecified atom stereocenters. The molecule has 1 rings (SSSR count). The van der Waals surface area contributed by atoms with Crippen LogP contribution in [0.1, 0.15) is 18.1 Å². The molecule has 0 aliphatic carbocycles. The highest BCUT2D eigenvalue weighted by atomic mass is 32.2. The molecule has 1 atom stereocenters. The molecule has 0 amide bonds. The summed E-state index contributed by atoms with van der Waals surface area (Å²) in [5, 5.41) is 9.08. The van der Waals surface area contributed by atoms with Crippen molar-refractivity contribution in [2.45, 2.75) is 25.7 Å². The van der Waals surface area contributed by atoms with Gasteiger partial charge in [-0.25, -0.2) is 0 Å². The van der Waals surface area contributed by atoms with Crippen molar-refractivity contribution in [2.24, 2.45) is 0 Å². The lowest BCUT2D eigenvalue weighted by atomic mass is 10.1. The standard InChI is InChI=1S/C11H16OS/c1-9-5-3-4-6-11(9)8-13-7-10(2)12/h3-6,10,12H,7-8H2,1-2H3. The Morgan fingerprint density at radius 1 is 1.38 bits per heavy atom. The van der Waals surface area contributed by atoms with E-state index in [9.17, 15) is 0 Å². The molecule has 1 aromatic rings. The highest BCUT2D eigenvalue weighted by Crippen LogP contribution is 2.16. The van der Waals surface area contributed by atoms with E-state index >= 15 is 0 Å². The van der Waals surface area contributed by atoms with E-state index in [1.807, 2.05) is 6.92 Å². The van der Waals surface area contributed by atoms with Crippen LogP contribution < -0.4 is 0 Å². The zero-order valence-corrected chi connectivity index (χ0v) is 8.97. The van der Waals surface area contributed by atoms with Crippen molar-refractivity contribution < 1.29 is 5.11 Å². The van der Waals surface area contributed by atoms with Crippen LogP contribution in [0.15, 0.2) is 24.3 Å². The third-order valence-corrected chi connectivity index (χ3v) is 3.11. The van der Waals surface area contributed by atoms with Gasteiger partial charge in [0.1, 0.15) is 0 Å². The Hall–Kier alpha value is -0.470. The molecule has 0 radical (unpaired) electrons. The highest BCUT2D eigenvalue weighted by Gasteiger charge is 1.99. The topological polar surface area (TPSA) is 20.2 Å². The first-order valence-corrected chi connectivity index (χ1v) is 5.66. The molecule has 1 N–H and O–H groups in total. The van der Waals surface area contributed by atoms with Crippen LogP contribution in [0.3, 0.4) is 0 Å². The first kappa shape index (κ1) is 10.6. The van der Waals surface area contributed by atoms with Crippen molar-refractivity contribution in [3.05, 3.63) is 35.4 Å². The fourth-order valence-electron chi connectivity index (χ4n) is 1.11. The molecule has 0 fully saturated rings. The van der Waals surface area contributed by atoms with E-state index in [0.717, 1.165) is 11.5 Å². The van der Waals surface area contributed by atoms with Crippen LogP contribution in [-0.4, -0.2) is 17.0 Å². The number of aliphatic hydroxyl groups is 1. The number of rotatable bonds is 4. The third kappa shape index (κ3) is 3.83. The van der Waals surface area contributed by atoms with Gasteiger partial charge in [-0.1, -0.05) is 24.3 Å². The summed E-state index contributed by atoms with van der Waals surface area (Å²) in [5.74, 6) is 1.81. The molecule has 1 aromatic carbocycles. The fourth-order valence-corrected chi connectivity index (χ4v) is 2.11. The predicted octanol–water partition coefficient (Wildman–Crippen LogP) is 2.61. The highest BCUT2D eigenvalue weighted by molar-refractivity contribution is 7.98. The second-order valence-corrected chi connectivity index (χ2v) is 4.32. The third-order valence-electron chi connectivity index (χ3n) is 1.88. The van der Waals surface area contributed by atoms with Crippen molar-refractivity contribution in [1.82, 2.24) is 0 Å². The van der Waals surface area contributed by atoms with Crippen molar-refractivity contribution in [3.8, 4) is 0 Å². The number of benzene rings is 1. The van der Waals surface area contributed by atoms with Gasteiger partial charge in [0.05, 0.1) is 6.10 Å². The molecule has 13 heavy (non-hydrogen) atoms. The van der Waals surface area contributed by atoms with E-state index in [-0.39, 0.29) is 6.10 Å². The molecule has 0 aliphatic heterocycles. The molecule has 1 nitrogen and oxygen atoms in total. The fraction of sp³-hybridized carbons (Fsp3) is 0.455. The molecule has 2 heteroatoms. The lowest BCUT2D eigenvalue weighted by Gasteiger charge is -2.06. The van der Waals surface area contributed by atoms with Gasteiger partial charge in [-0.3, -0.25) is 0 Å². The summed E-state index contributed by atoms with van der Waals surface area (Å²) in [4.78, 5) is 0. The van der Waals surface area contributed by atoms with E-state index in [4.69, 9.17) is 5.11 Å². The molecule has 0 aromatic heterocycles. The SMILES string of the molecule is Cc1ccccc1CSCC(C)O. The predicted molar refractivity (Wildman–Crippen MR) is 59.0 cm³/mol. The summed E-state index contributed by atoms with van der Waals surface area (Å²) in [7, 11) is 0.